The maximum atomic E-state index is 11.7. The van der Waals surface area contributed by atoms with Crippen molar-refractivity contribution in [2.45, 2.75) is 44.8 Å². The lowest BCUT2D eigenvalue weighted by atomic mass is 10.2. The standard InChI is InChI=1S/C11H23NO2S/c1-10(12-2)5-4-8-15(13)9-11-6-3-7-14-11/h10-12H,3-9H2,1-2H3. The number of ether oxygens (including phenoxy) is 1. The molecule has 4 heteroatoms. The third kappa shape index (κ3) is 5.64. The topological polar surface area (TPSA) is 38.3 Å². The molecular formula is C11H23NO2S. The van der Waals surface area contributed by atoms with Gasteiger partial charge in [-0.3, -0.25) is 4.21 Å². The second-order valence-corrected chi connectivity index (χ2v) is 5.90. The monoisotopic (exact) mass is 233 g/mol. The maximum Gasteiger partial charge on any atom is 0.0691 e. The zero-order chi connectivity index (χ0) is 11.1. The smallest absolute Gasteiger partial charge is 0.0691 e. The maximum absolute atomic E-state index is 11.7. The van der Waals surface area contributed by atoms with E-state index in [1.165, 1.54) is 0 Å². The summed E-state index contributed by atoms with van der Waals surface area (Å²) in [4.78, 5) is 0. The molecular weight excluding hydrogens is 210 g/mol. The van der Waals surface area contributed by atoms with Crippen molar-refractivity contribution in [1.82, 2.24) is 5.32 Å². The molecule has 90 valence electrons. The normalized spacial score (nSPS) is 25.3. The van der Waals surface area contributed by atoms with E-state index in [2.05, 4.69) is 12.2 Å². The van der Waals surface area contributed by atoms with E-state index in [1.807, 2.05) is 7.05 Å². The molecule has 0 radical (unpaired) electrons. The van der Waals surface area contributed by atoms with Crippen molar-refractivity contribution >= 4 is 10.8 Å². The highest BCUT2D eigenvalue weighted by Gasteiger charge is 2.17. The van der Waals surface area contributed by atoms with Crippen molar-refractivity contribution < 1.29 is 8.95 Å². The number of hydrogen-bond acceptors (Lipinski definition) is 3. The van der Waals surface area contributed by atoms with Gasteiger partial charge in [0.1, 0.15) is 0 Å². The van der Waals surface area contributed by atoms with Crippen LogP contribution in [0, 0.1) is 0 Å². The third-order valence-corrected chi connectivity index (χ3v) is 4.39. The summed E-state index contributed by atoms with van der Waals surface area (Å²) >= 11 is 0. The highest BCUT2D eigenvalue weighted by Crippen LogP contribution is 2.13. The predicted molar refractivity (Wildman–Crippen MR) is 64.6 cm³/mol. The zero-order valence-corrected chi connectivity index (χ0v) is 10.6. The minimum absolute atomic E-state index is 0.271. The quantitative estimate of drug-likeness (QED) is 0.720. The van der Waals surface area contributed by atoms with E-state index in [9.17, 15) is 4.21 Å². The lowest BCUT2D eigenvalue weighted by Gasteiger charge is -2.11. The molecule has 0 bridgehead atoms. The Morgan fingerprint density at radius 1 is 1.60 bits per heavy atom. The average Bonchev–Trinajstić information content (AvgIpc) is 2.70. The average molecular weight is 233 g/mol. The van der Waals surface area contributed by atoms with Crippen LogP contribution >= 0.6 is 0 Å². The minimum Gasteiger partial charge on any atom is -0.377 e. The fourth-order valence-electron chi connectivity index (χ4n) is 1.76. The summed E-state index contributed by atoms with van der Waals surface area (Å²) in [5.41, 5.74) is 0. The molecule has 0 aromatic carbocycles. The Morgan fingerprint density at radius 3 is 3.00 bits per heavy atom. The van der Waals surface area contributed by atoms with Crippen LogP contribution in [0.2, 0.25) is 0 Å². The SMILES string of the molecule is CNC(C)CCCS(=O)CC1CCCO1. The second-order valence-electron chi connectivity index (χ2n) is 4.28. The van der Waals surface area contributed by atoms with E-state index in [4.69, 9.17) is 4.74 Å². The van der Waals surface area contributed by atoms with Crippen LogP contribution in [-0.4, -0.2) is 41.5 Å². The molecule has 1 aliphatic heterocycles. The molecule has 0 saturated carbocycles. The van der Waals surface area contributed by atoms with E-state index in [0.29, 0.717) is 6.04 Å². The van der Waals surface area contributed by atoms with Gasteiger partial charge < -0.3 is 10.1 Å². The number of nitrogens with one attached hydrogen (secondary N) is 1. The molecule has 3 nitrogen and oxygen atoms in total. The Morgan fingerprint density at radius 2 is 2.40 bits per heavy atom. The lowest BCUT2D eigenvalue weighted by Crippen LogP contribution is -2.22. The Bertz CT molecular complexity index is 193. The van der Waals surface area contributed by atoms with Crippen LogP contribution in [0.1, 0.15) is 32.6 Å². The van der Waals surface area contributed by atoms with Crippen LogP contribution in [0.25, 0.3) is 0 Å². The molecule has 1 rings (SSSR count). The molecule has 1 fully saturated rings. The van der Waals surface area contributed by atoms with E-state index in [0.717, 1.165) is 43.8 Å². The van der Waals surface area contributed by atoms with Gasteiger partial charge in [-0.05, 0) is 39.7 Å². The van der Waals surface area contributed by atoms with Crippen molar-refractivity contribution in [3.8, 4) is 0 Å². The van der Waals surface area contributed by atoms with Gasteiger partial charge in [-0.25, -0.2) is 0 Å². The molecule has 1 heterocycles. The first kappa shape index (κ1) is 13.1. The first-order valence-electron chi connectivity index (χ1n) is 5.86. The van der Waals surface area contributed by atoms with Crippen molar-refractivity contribution in [3.05, 3.63) is 0 Å². The van der Waals surface area contributed by atoms with Crippen LogP contribution in [0.15, 0.2) is 0 Å². The van der Waals surface area contributed by atoms with Crippen molar-refractivity contribution in [1.29, 1.82) is 0 Å². The molecule has 0 spiro atoms. The number of hydrogen-bond donors (Lipinski definition) is 1. The fourth-order valence-corrected chi connectivity index (χ4v) is 3.09. The van der Waals surface area contributed by atoms with Gasteiger partial charge in [-0.1, -0.05) is 0 Å². The predicted octanol–water partition coefficient (Wildman–Crippen LogP) is 1.30. The first-order valence-corrected chi connectivity index (χ1v) is 7.35. The minimum atomic E-state index is -0.681. The van der Waals surface area contributed by atoms with Crippen molar-refractivity contribution in [3.63, 3.8) is 0 Å². The molecule has 1 saturated heterocycles. The number of rotatable bonds is 7. The second kappa shape index (κ2) is 7.36. The summed E-state index contributed by atoms with van der Waals surface area (Å²) in [7, 11) is 1.29. The highest BCUT2D eigenvalue weighted by molar-refractivity contribution is 7.85. The molecule has 0 aliphatic carbocycles. The molecule has 1 N–H and O–H groups in total. The van der Waals surface area contributed by atoms with Crippen molar-refractivity contribution in [2.75, 3.05) is 25.2 Å². The Hall–Kier alpha value is 0.0700. The van der Waals surface area contributed by atoms with Gasteiger partial charge in [-0.2, -0.15) is 0 Å². The summed E-state index contributed by atoms with van der Waals surface area (Å²) in [6, 6.07) is 0.532. The fraction of sp³-hybridized carbons (Fsp3) is 1.00. The molecule has 0 aromatic rings. The van der Waals surface area contributed by atoms with Gasteiger partial charge in [0.05, 0.1) is 6.10 Å². The highest BCUT2D eigenvalue weighted by atomic mass is 32.2. The molecule has 0 amide bonds. The summed E-state index contributed by atoms with van der Waals surface area (Å²) in [5.74, 6) is 1.57. The van der Waals surface area contributed by atoms with E-state index in [-0.39, 0.29) is 6.10 Å². The van der Waals surface area contributed by atoms with E-state index >= 15 is 0 Å². The summed E-state index contributed by atoms with van der Waals surface area (Å²) < 4.78 is 17.1. The van der Waals surface area contributed by atoms with Gasteiger partial charge in [0.25, 0.3) is 0 Å². The summed E-state index contributed by atoms with van der Waals surface area (Å²) in [6.07, 6.45) is 4.65. The van der Waals surface area contributed by atoms with E-state index in [1.54, 1.807) is 0 Å². The van der Waals surface area contributed by atoms with Crippen LogP contribution < -0.4 is 5.32 Å². The Labute approximate surface area is 95.4 Å². The zero-order valence-electron chi connectivity index (χ0n) is 9.83. The van der Waals surface area contributed by atoms with Crippen LogP contribution in [-0.2, 0) is 15.5 Å². The van der Waals surface area contributed by atoms with Crippen molar-refractivity contribution in [2.24, 2.45) is 0 Å². The third-order valence-electron chi connectivity index (χ3n) is 2.90. The molecule has 3 unspecified atom stereocenters. The molecule has 0 aromatic heterocycles. The van der Waals surface area contributed by atoms with E-state index < -0.39 is 10.8 Å². The lowest BCUT2D eigenvalue weighted by molar-refractivity contribution is 0.128. The van der Waals surface area contributed by atoms with Gasteiger partial charge in [0.15, 0.2) is 0 Å². The van der Waals surface area contributed by atoms with Gasteiger partial charge in [0.2, 0.25) is 0 Å². The van der Waals surface area contributed by atoms with Gasteiger partial charge >= 0.3 is 0 Å². The molecule has 15 heavy (non-hydrogen) atoms. The molecule has 3 atom stereocenters. The van der Waals surface area contributed by atoms with Crippen LogP contribution in [0.4, 0.5) is 0 Å². The van der Waals surface area contributed by atoms with Crippen LogP contribution in [0.3, 0.4) is 0 Å². The Balaban J connectivity index is 2.02. The van der Waals surface area contributed by atoms with Crippen LogP contribution in [0.5, 0.6) is 0 Å². The van der Waals surface area contributed by atoms with Gasteiger partial charge in [0, 0.05) is 35.0 Å². The largest absolute Gasteiger partial charge is 0.377 e. The van der Waals surface area contributed by atoms with Gasteiger partial charge in [-0.15, -0.1) is 0 Å². The summed E-state index contributed by atoms with van der Waals surface area (Å²) in [6.45, 7) is 3.02. The first-order chi connectivity index (χ1) is 7.22. The Kier molecular flexibility index (Phi) is 6.45. The molecule has 1 aliphatic rings. The summed E-state index contributed by atoms with van der Waals surface area (Å²) in [5, 5.41) is 3.19.